The number of nitrogens with zero attached hydrogens (tertiary/aromatic N) is 1. The number of anilines is 1. The zero-order chi connectivity index (χ0) is 23.4. The van der Waals surface area contributed by atoms with Crippen molar-refractivity contribution in [2.45, 2.75) is 19.8 Å². The molecule has 168 valence electrons. The number of hydrogen-bond acceptors (Lipinski definition) is 5. The molecular formula is C25H22ClN3O4. The third kappa shape index (κ3) is 5.32. The van der Waals surface area contributed by atoms with Crippen molar-refractivity contribution < 1.29 is 18.7 Å². The van der Waals surface area contributed by atoms with Gasteiger partial charge in [-0.3, -0.25) is 9.59 Å². The number of rotatable bonds is 7. The number of para-hydroxylation sites is 1. The number of nitrogens with one attached hydrogen (secondary N) is 2. The van der Waals surface area contributed by atoms with E-state index in [9.17, 15) is 9.59 Å². The van der Waals surface area contributed by atoms with Crippen molar-refractivity contribution in [3.05, 3.63) is 71.2 Å². The molecule has 0 aliphatic carbocycles. The number of hydrogen-bond donors (Lipinski definition) is 2. The zero-order valence-electron chi connectivity index (χ0n) is 18.1. The van der Waals surface area contributed by atoms with Gasteiger partial charge in [0.25, 0.3) is 0 Å². The summed E-state index contributed by atoms with van der Waals surface area (Å²) < 4.78 is 11.4. The first kappa shape index (κ1) is 22.4. The Morgan fingerprint density at radius 3 is 2.52 bits per heavy atom. The van der Waals surface area contributed by atoms with Gasteiger partial charge in [0.1, 0.15) is 16.9 Å². The van der Waals surface area contributed by atoms with E-state index in [4.69, 9.17) is 20.8 Å². The van der Waals surface area contributed by atoms with Crippen LogP contribution < -0.4 is 15.5 Å². The molecule has 0 saturated heterocycles. The highest BCUT2D eigenvalue weighted by atomic mass is 35.5. The summed E-state index contributed by atoms with van der Waals surface area (Å²) in [5.74, 6) is -0.0562. The first-order chi connectivity index (χ1) is 15.9. The maximum atomic E-state index is 12.6. The molecule has 0 saturated carbocycles. The number of carbonyl (C=O) groups is 2. The number of benzene rings is 3. The SMILES string of the molecule is COc1cc2c(cc1NC(=O)C/C(C)=N\NC(=O)Cc1ccc(Cl)cc1)oc1ccccc12. The second-order valence-electron chi connectivity index (χ2n) is 7.56. The van der Waals surface area contributed by atoms with Crippen molar-refractivity contribution in [1.82, 2.24) is 5.43 Å². The van der Waals surface area contributed by atoms with Crippen LogP contribution in [-0.2, 0) is 16.0 Å². The molecule has 8 heteroatoms. The fourth-order valence-corrected chi connectivity index (χ4v) is 3.60. The van der Waals surface area contributed by atoms with Gasteiger partial charge in [-0.2, -0.15) is 5.10 Å². The Bertz CT molecular complexity index is 1360. The van der Waals surface area contributed by atoms with Gasteiger partial charge in [0, 0.05) is 27.6 Å². The largest absolute Gasteiger partial charge is 0.495 e. The average Bonchev–Trinajstić information content (AvgIpc) is 3.16. The van der Waals surface area contributed by atoms with Crippen LogP contribution in [0.25, 0.3) is 21.9 Å². The Morgan fingerprint density at radius 2 is 1.76 bits per heavy atom. The minimum Gasteiger partial charge on any atom is -0.495 e. The van der Waals surface area contributed by atoms with Gasteiger partial charge in [-0.15, -0.1) is 0 Å². The Labute approximate surface area is 195 Å². The highest BCUT2D eigenvalue weighted by Gasteiger charge is 2.14. The lowest BCUT2D eigenvalue weighted by Gasteiger charge is -2.10. The van der Waals surface area contributed by atoms with Crippen molar-refractivity contribution in [1.29, 1.82) is 0 Å². The van der Waals surface area contributed by atoms with E-state index >= 15 is 0 Å². The van der Waals surface area contributed by atoms with Crippen LogP contribution in [0.3, 0.4) is 0 Å². The van der Waals surface area contributed by atoms with Crippen LogP contribution in [0.15, 0.2) is 70.2 Å². The van der Waals surface area contributed by atoms with Crippen LogP contribution in [-0.4, -0.2) is 24.6 Å². The molecule has 0 radical (unpaired) electrons. The molecule has 0 unspecified atom stereocenters. The lowest BCUT2D eigenvalue weighted by molar-refractivity contribution is -0.120. The molecule has 0 aliphatic heterocycles. The number of furan rings is 1. The second-order valence-corrected chi connectivity index (χ2v) is 7.99. The quantitative estimate of drug-likeness (QED) is 0.287. The van der Waals surface area contributed by atoms with E-state index in [1.807, 2.05) is 30.3 Å². The number of carbonyl (C=O) groups excluding carboxylic acids is 2. The minimum atomic E-state index is -0.294. The Hall–Kier alpha value is -3.84. The highest BCUT2D eigenvalue weighted by Crippen LogP contribution is 2.36. The van der Waals surface area contributed by atoms with E-state index in [0.717, 1.165) is 21.9 Å². The van der Waals surface area contributed by atoms with Gasteiger partial charge >= 0.3 is 0 Å². The highest BCUT2D eigenvalue weighted by molar-refractivity contribution is 6.30. The molecule has 0 aliphatic rings. The number of ether oxygens (including phenoxy) is 1. The molecule has 0 spiro atoms. The minimum absolute atomic E-state index is 0.00253. The van der Waals surface area contributed by atoms with E-state index in [-0.39, 0.29) is 24.7 Å². The van der Waals surface area contributed by atoms with E-state index in [1.54, 1.807) is 44.4 Å². The fraction of sp³-hybridized carbons (Fsp3) is 0.160. The molecule has 2 amide bonds. The zero-order valence-corrected chi connectivity index (χ0v) is 18.9. The average molecular weight is 464 g/mol. The monoisotopic (exact) mass is 463 g/mol. The lowest BCUT2D eigenvalue weighted by atomic mass is 10.1. The van der Waals surface area contributed by atoms with Crippen molar-refractivity contribution in [3.63, 3.8) is 0 Å². The molecule has 4 rings (SSSR count). The van der Waals surface area contributed by atoms with Crippen LogP contribution in [0.4, 0.5) is 5.69 Å². The van der Waals surface area contributed by atoms with E-state index < -0.39 is 0 Å². The van der Waals surface area contributed by atoms with E-state index in [2.05, 4.69) is 15.8 Å². The summed E-state index contributed by atoms with van der Waals surface area (Å²) in [4.78, 5) is 24.6. The van der Waals surface area contributed by atoms with E-state index in [0.29, 0.717) is 27.8 Å². The first-order valence-electron chi connectivity index (χ1n) is 10.3. The maximum absolute atomic E-state index is 12.6. The summed E-state index contributed by atoms with van der Waals surface area (Å²) >= 11 is 5.85. The van der Waals surface area contributed by atoms with Crippen molar-refractivity contribution in [2.24, 2.45) is 5.10 Å². The molecule has 0 bridgehead atoms. The van der Waals surface area contributed by atoms with Crippen LogP contribution >= 0.6 is 11.6 Å². The summed E-state index contributed by atoms with van der Waals surface area (Å²) in [5.41, 5.74) is 5.65. The normalized spacial score (nSPS) is 11.5. The predicted molar refractivity (Wildman–Crippen MR) is 130 cm³/mol. The summed E-state index contributed by atoms with van der Waals surface area (Å²) in [7, 11) is 1.54. The summed E-state index contributed by atoms with van der Waals surface area (Å²) in [6, 6.07) is 18.3. The third-order valence-corrected chi connectivity index (χ3v) is 5.29. The number of methoxy groups -OCH3 is 1. The summed E-state index contributed by atoms with van der Waals surface area (Å²) in [5, 5.41) is 9.34. The van der Waals surface area contributed by atoms with E-state index in [1.165, 1.54) is 0 Å². The van der Waals surface area contributed by atoms with Crippen LogP contribution in [0, 0.1) is 0 Å². The molecule has 0 atom stereocenters. The van der Waals surface area contributed by atoms with Gasteiger partial charge in [-0.25, -0.2) is 5.43 Å². The molecule has 0 fully saturated rings. The van der Waals surface area contributed by atoms with Crippen molar-refractivity contribution in [2.75, 3.05) is 12.4 Å². The van der Waals surface area contributed by atoms with Crippen molar-refractivity contribution >= 4 is 56.8 Å². The number of halogens is 1. The molecule has 2 N–H and O–H groups in total. The third-order valence-electron chi connectivity index (χ3n) is 5.04. The second kappa shape index (κ2) is 9.75. The smallest absolute Gasteiger partial charge is 0.244 e. The van der Waals surface area contributed by atoms with Gasteiger partial charge in [-0.1, -0.05) is 41.9 Å². The number of fused-ring (bicyclic) bond motifs is 3. The fourth-order valence-electron chi connectivity index (χ4n) is 3.47. The van der Waals surface area contributed by atoms with Crippen LogP contribution in [0.2, 0.25) is 5.02 Å². The topological polar surface area (TPSA) is 92.9 Å². The van der Waals surface area contributed by atoms with Gasteiger partial charge in [-0.05, 0) is 36.8 Å². The molecular weight excluding hydrogens is 442 g/mol. The lowest BCUT2D eigenvalue weighted by Crippen LogP contribution is -2.23. The van der Waals surface area contributed by atoms with Crippen molar-refractivity contribution in [3.8, 4) is 5.75 Å². The molecule has 1 aromatic heterocycles. The van der Waals surface area contributed by atoms with Gasteiger partial charge in [0.15, 0.2) is 0 Å². The maximum Gasteiger partial charge on any atom is 0.244 e. The Morgan fingerprint density at radius 1 is 1.00 bits per heavy atom. The molecule has 33 heavy (non-hydrogen) atoms. The first-order valence-corrected chi connectivity index (χ1v) is 10.7. The molecule has 3 aromatic carbocycles. The summed E-state index contributed by atoms with van der Waals surface area (Å²) in [6.07, 6.45) is 0.164. The Balaban J connectivity index is 1.40. The molecule has 4 aromatic rings. The number of amides is 2. The van der Waals surface area contributed by atoms with Gasteiger partial charge in [0.05, 0.1) is 25.6 Å². The van der Waals surface area contributed by atoms with Crippen LogP contribution in [0.5, 0.6) is 5.75 Å². The standard InChI is InChI=1S/C25H22ClN3O4/c1-15(28-29-25(31)12-16-7-9-17(26)10-8-16)11-24(30)27-20-14-22-19(13-23(20)32-2)18-5-3-4-6-21(18)33-22/h3-10,13-14H,11-12H2,1-2H3,(H,27,30)(H,29,31)/b28-15-. The Kier molecular flexibility index (Phi) is 6.60. The summed E-state index contributed by atoms with van der Waals surface area (Å²) in [6.45, 7) is 1.67. The van der Waals surface area contributed by atoms with Gasteiger partial charge in [0.2, 0.25) is 11.8 Å². The molecule has 1 heterocycles. The number of hydrazone groups is 1. The van der Waals surface area contributed by atoms with Crippen LogP contribution in [0.1, 0.15) is 18.9 Å². The van der Waals surface area contributed by atoms with Gasteiger partial charge < -0.3 is 14.5 Å². The predicted octanol–water partition coefficient (Wildman–Crippen LogP) is 5.31. The molecule has 7 nitrogen and oxygen atoms in total.